The van der Waals surface area contributed by atoms with E-state index in [1.165, 1.54) is 11.5 Å². The Kier molecular flexibility index (Phi) is 5.09. The van der Waals surface area contributed by atoms with Crippen LogP contribution < -0.4 is 10.6 Å². The van der Waals surface area contributed by atoms with Crippen molar-refractivity contribution in [3.63, 3.8) is 0 Å². The Morgan fingerprint density at radius 2 is 2.11 bits per heavy atom. The van der Waals surface area contributed by atoms with Gasteiger partial charge < -0.3 is 15.5 Å². The maximum absolute atomic E-state index is 11.9. The Morgan fingerprint density at radius 1 is 1.37 bits per heavy atom. The van der Waals surface area contributed by atoms with Crippen molar-refractivity contribution < 1.29 is 4.79 Å². The number of amides is 1. The number of hydrogen-bond acceptors (Lipinski definition) is 6. The van der Waals surface area contributed by atoms with Gasteiger partial charge in [0.05, 0.1) is 0 Å². The minimum Gasteiger partial charge on any atom is -0.343 e. The highest BCUT2D eigenvalue weighted by molar-refractivity contribution is 7.09. The van der Waals surface area contributed by atoms with Gasteiger partial charge in [-0.1, -0.05) is 6.92 Å². The van der Waals surface area contributed by atoms with Crippen molar-refractivity contribution in [3.8, 4) is 0 Å². The Balaban J connectivity index is 1.83. The van der Waals surface area contributed by atoms with Crippen LogP contribution >= 0.6 is 11.5 Å². The fraction of sp³-hybridized carbons (Fsp3) is 0.750. The average Bonchev–Trinajstić information content (AvgIpc) is 2.94. The van der Waals surface area contributed by atoms with Gasteiger partial charge in [-0.2, -0.15) is 4.37 Å². The second-order valence-electron chi connectivity index (χ2n) is 4.61. The third kappa shape index (κ3) is 3.63. The van der Waals surface area contributed by atoms with E-state index < -0.39 is 0 Å². The molecule has 2 heterocycles. The summed E-state index contributed by atoms with van der Waals surface area (Å²) in [5.41, 5.74) is 5.43. The molecule has 2 rings (SSSR count). The number of aryl methyl sites for hydroxylation is 1. The van der Waals surface area contributed by atoms with Gasteiger partial charge in [0, 0.05) is 50.6 Å². The van der Waals surface area contributed by atoms with Crippen LogP contribution in [-0.4, -0.2) is 52.9 Å². The lowest BCUT2D eigenvalue weighted by atomic mass is 10.2. The van der Waals surface area contributed by atoms with Gasteiger partial charge in [0.15, 0.2) is 0 Å². The number of carbonyl (C=O) groups is 1. The van der Waals surface area contributed by atoms with Crippen molar-refractivity contribution in [2.24, 2.45) is 5.73 Å². The van der Waals surface area contributed by atoms with Crippen molar-refractivity contribution in [1.29, 1.82) is 0 Å². The highest BCUT2D eigenvalue weighted by atomic mass is 32.1. The molecule has 1 fully saturated rings. The first kappa shape index (κ1) is 14.2. The predicted molar refractivity (Wildman–Crippen MR) is 76.4 cm³/mol. The Labute approximate surface area is 117 Å². The van der Waals surface area contributed by atoms with Crippen LogP contribution in [0.25, 0.3) is 0 Å². The number of rotatable bonds is 5. The quantitative estimate of drug-likeness (QED) is 0.851. The van der Waals surface area contributed by atoms with Gasteiger partial charge in [-0.05, 0) is 13.0 Å². The lowest BCUT2D eigenvalue weighted by Crippen LogP contribution is -2.48. The topological polar surface area (TPSA) is 75.4 Å². The van der Waals surface area contributed by atoms with Crippen LogP contribution in [0.4, 0.5) is 5.13 Å². The summed E-state index contributed by atoms with van der Waals surface area (Å²) in [6, 6.07) is 0. The summed E-state index contributed by atoms with van der Waals surface area (Å²) < 4.78 is 4.30. The average molecular weight is 283 g/mol. The number of nitrogens with zero attached hydrogens (tertiary/aromatic N) is 4. The van der Waals surface area contributed by atoms with Crippen LogP contribution in [0.1, 0.15) is 25.6 Å². The molecule has 1 aliphatic heterocycles. The lowest BCUT2D eigenvalue weighted by molar-refractivity contribution is -0.131. The van der Waals surface area contributed by atoms with Crippen molar-refractivity contribution >= 4 is 22.6 Å². The van der Waals surface area contributed by atoms with Crippen molar-refractivity contribution in [2.45, 2.75) is 26.2 Å². The molecule has 0 unspecified atom stereocenters. The smallest absolute Gasteiger partial charge is 0.222 e. The minimum absolute atomic E-state index is 0.219. The van der Waals surface area contributed by atoms with E-state index in [2.05, 4.69) is 21.2 Å². The van der Waals surface area contributed by atoms with Crippen molar-refractivity contribution in [3.05, 3.63) is 5.82 Å². The van der Waals surface area contributed by atoms with Gasteiger partial charge in [0.2, 0.25) is 11.0 Å². The van der Waals surface area contributed by atoms with Crippen LogP contribution in [-0.2, 0) is 11.2 Å². The summed E-state index contributed by atoms with van der Waals surface area (Å²) in [4.78, 5) is 20.5. The van der Waals surface area contributed by atoms with E-state index in [-0.39, 0.29) is 5.91 Å². The molecule has 1 aliphatic rings. The largest absolute Gasteiger partial charge is 0.343 e. The zero-order valence-electron chi connectivity index (χ0n) is 11.3. The lowest BCUT2D eigenvalue weighted by Gasteiger charge is -2.34. The molecule has 1 aromatic rings. The Morgan fingerprint density at radius 3 is 2.68 bits per heavy atom. The third-order valence-corrected chi connectivity index (χ3v) is 4.09. The van der Waals surface area contributed by atoms with Gasteiger partial charge in [-0.25, -0.2) is 4.98 Å². The summed E-state index contributed by atoms with van der Waals surface area (Å²) >= 11 is 1.45. The molecular weight excluding hydrogens is 262 g/mol. The molecular formula is C12H21N5OS. The number of carbonyl (C=O) groups excluding carboxylic acids is 1. The molecule has 106 valence electrons. The van der Waals surface area contributed by atoms with Crippen LogP contribution in [0.3, 0.4) is 0 Å². The molecule has 2 N–H and O–H groups in total. The van der Waals surface area contributed by atoms with Gasteiger partial charge in [0.25, 0.3) is 0 Å². The third-order valence-electron chi connectivity index (χ3n) is 3.27. The first-order chi connectivity index (χ1) is 9.24. The molecule has 6 nitrogen and oxygen atoms in total. The summed E-state index contributed by atoms with van der Waals surface area (Å²) in [6.07, 6.45) is 2.21. The highest BCUT2D eigenvalue weighted by Gasteiger charge is 2.22. The number of aromatic nitrogens is 2. The van der Waals surface area contributed by atoms with E-state index in [4.69, 9.17) is 5.73 Å². The van der Waals surface area contributed by atoms with Gasteiger partial charge in [-0.15, -0.1) is 0 Å². The first-order valence-corrected chi connectivity index (χ1v) is 7.57. The van der Waals surface area contributed by atoms with E-state index in [0.717, 1.165) is 50.0 Å². The molecule has 1 saturated heterocycles. The van der Waals surface area contributed by atoms with E-state index in [9.17, 15) is 4.79 Å². The molecule has 0 bridgehead atoms. The van der Waals surface area contributed by atoms with Crippen LogP contribution in [0.2, 0.25) is 0 Å². The van der Waals surface area contributed by atoms with Gasteiger partial charge in [-0.3, -0.25) is 4.79 Å². The van der Waals surface area contributed by atoms with E-state index in [1.54, 1.807) is 0 Å². The number of nitrogens with two attached hydrogens (primary N) is 1. The number of anilines is 1. The molecule has 0 saturated carbocycles. The minimum atomic E-state index is 0.219. The summed E-state index contributed by atoms with van der Waals surface area (Å²) in [5.74, 6) is 1.12. The standard InChI is InChI=1S/C12H21N5OS/c1-2-10-14-12(19-15-10)17-8-6-16(7-9-17)11(18)4-3-5-13/h2-9,13H2,1H3. The Hall–Kier alpha value is -1.21. The maximum atomic E-state index is 11.9. The fourth-order valence-corrected chi connectivity index (χ4v) is 2.88. The van der Waals surface area contributed by atoms with E-state index in [1.807, 2.05) is 4.90 Å². The second kappa shape index (κ2) is 6.81. The van der Waals surface area contributed by atoms with Crippen molar-refractivity contribution in [1.82, 2.24) is 14.3 Å². The number of hydrogen-bond donors (Lipinski definition) is 1. The highest BCUT2D eigenvalue weighted by Crippen LogP contribution is 2.19. The molecule has 7 heteroatoms. The summed E-state index contributed by atoms with van der Waals surface area (Å²) in [7, 11) is 0. The molecule has 0 spiro atoms. The summed E-state index contributed by atoms with van der Waals surface area (Å²) in [6.45, 7) is 5.85. The first-order valence-electron chi connectivity index (χ1n) is 6.80. The molecule has 1 amide bonds. The molecule has 0 aromatic carbocycles. The van der Waals surface area contributed by atoms with E-state index in [0.29, 0.717) is 13.0 Å². The zero-order valence-corrected chi connectivity index (χ0v) is 12.2. The molecule has 1 aromatic heterocycles. The zero-order chi connectivity index (χ0) is 13.7. The predicted octanol–water partition coefficient (Wildman–Crippen LogP) is 0.488. The van der Waals surface area contributed by atoms with Crippen LogP contribution in [0.15, 0.2) is 0 Å². The second-order valence-corrected chi connectivity index (χ2v) is 5.34. The monoisotopic (exact) mass is 283 g/mol. The fourth-order valence-electron chi connectivity index (χ4n) is 2.08. The molecule has 0 atom stereocenters. The molecule has 19 heavy (non-hydrogen) atoms. The van der Waals surface area contributed by atoms with Crippen LogP contribution in [0, 0.1) is 0 Å². The molecule has 0 aliphatic carbocycles. The SMILES string of the molecule is CCc1nsc(N2CCN(C(=O)CCCN)CC2)n1. The Bertz CT molecular complexity index is 414. The normalized spacial score (nSPS) is 15.9. The maximum Gasteiger partial charge on any atom is 0.222 e. The van der Waals surface area contributed by atoms with Gasteiger partial charge in [0.1, 0.15) is 5.82 Å². The van der Waals surface area contributed by atoms with E-state index >= 15 is 0 Å². The van der Waals surface area contributed by atoms with Crippen LogP contribution in [0.5, 0.6) is 0 Å². The number of piperazine rings is 1. The summed E-state index contributed by atoms with van der Waals surface area (Å²) in [5, 5.41) is 0.978. The van der Waals surface area contributed by atoms with Gasteiger partial charge >= 0.3 is 0 Å². The molecule has 0 radical (unpaired) electrons. The van der Waals surface area contributed by atoms with Crippen molar-refractivity contribution in [2.75, 3.05) is 37.6 Å².